The third kappa shape index (κ3) is 6.44. The highest BCUT2D eigenvalue weighted by Gasteiger charge is 2.44. The van der Waals surface area contributed by atoms with Gasteiger partial charge in [-0.15, -0.1) is 0 Å². The lowest BCUT2D eigenvalue weighted by molar-refractivity contribution is -0.145. The molecule has 0 unspecified atom stereocenters. The molecule has 0 heterocycles. The predicted octanol–water partition coefficient (Wildman–Crippen LogP) is 3.49. The van der Waals surface area contributed by atoms with Gasteiger partial charge < -0.3 is 4.74 Å². The lowest BCUT2D eigenvalue weighted by Crippen LogP contribution is -2.42. The second-order valence-corrected chi connectivity index (χ2v) is 9.53. The van der Waals surface area contributed by atoms with Gasteiger partial charge in [-0.2, -0.15) is 0 Å². The summed E-state index contributed by atoms with van der Waals surface area (Å²) in [5.41, 5.74) is 9.39. The average Bonchev–Trinajstić information content (AvgIpc) is 3.37. The summed E-state index contributed by atoms with van der Waals surface area (Å²) in [5.74, 6) is 0.0602. The Hall–Kier alpha value is -1.89. The van der Waals surface area contributed by atoms with Gasteiger partial charge in [0.1, 0.15) is 6.61 Å². The van der Waals surface area contributed by atoms with Crippen molar-refractivity contribution >= 4 is 17.0 Å². The predicted molar refractivity (Wildman–Crippen MR) is 101 cm³/mol. The van der Waals surface area contributed by atoms with Gasteiger partial charge in [-0.25, -0.2) is 8.93 Å². The van der Waals surface area contributed by atoms with Crippen LogP contribution in [-0.4, -0.2) is 27.5 Å². The molecule has 1 fully saturated rings. The van der Waals surface area contributed by atoms with Crippen LogP contribution in [0.1, 0.15) is 39.2 Å². The fourth-order valence-corrected chi connectivity index (χ4v) is 3.57. The lowest BCUT2D eigenvalue weighted by Gasteiger charge is -2.24. The molecule has 142 valence electrons. The van der Waals surface area contributed by atoms with E-state index in [-0.39, 0.29) is 36.9 Å². The highest BCUT2D eigenvalue weighted by atomic mass is 32.2. The van der Waals surface area contributed by atoms with Crippen LogP contribution in [0.2, 0.25) is 0 Å². The number of hydrogen-bond donors (Lipinski definition) is 1. The number of nitrogens with zero attached hydrogens (tertiary/aromatic N) is 3. The van der Waals surface area contributed by atoms with Crippen molar-refractivity contribution in [1.82, 2.24) is 4.72 Å². The van der Waals surface area contributed by atoms with E-state index in [4.69, 9.17) is 10.3 Å². The van der Waals surface area contributed by atoms with Crippen LogP contribution in [0.25, 0.3) is 10.4 Å². The van der Waals surface area contributed by atoms with Crippen molar-refractivity contribution in [3.63, 3.8) is 0 Å². The van der Waals surface area contributed by atoms with Gasteiger partial charge in [0, 0.05) is 17.5 Å². The van der Waals surface area contributed by atoms with E-state index in [1.165, 1.54) is 0 Å². The van der Waals surface area contributed by atoms with E-state index < -0.39 is 15.7 Å². The zero-order valence-corrected chi connectivity index (χ0v) is 16.2. The SMILES string of the molecule is CC(C)(C)[S@](=O)N[C@H](CC(=O)OCc1ccccc1)[C@@H]1C[C@H]1CN=[N+]=[N-]. The maximum absolute atomic E-state index is 12.5. The molecule has 1 aromatic carbocycles. The maximum atomic E-state index is 12.5. The standard InChI is InChI=1S/C18H26N4O3S/c1-18(2,3)26(24)21-16(15-9-14(15)11-20-22-19)10-17(23)25-12-13-7-5-4-6-8-13/h4-8,14-16,21H,9-12H2,1-3H3/t14-,15+,16+,26-/m0/s1. The molecule has 1 aromatic rings. The molecular weight excluding hydrogens is 352 g/mol. The molecular formula is C18H26N4O3S. The van der Waals surface area contributed by atoms with Crippen LogP contribution in [0.5, 0.6) is 0 Å². The number of nitrogens with one attached hydrogen (secondary N) is 1. The van der Waals surface area contributed by atoms with E-state index in [1.54, 1.807) is 0 Å². The minimum absolute atomic E-state index is 0.145. The minimum Gasteiger partial charge on any atom is -0.461 e. The Labute approximate surface area is 156 Å². The highest BCUT2D eigenvalue weighted by molar-refractivity contribution is 7.84. The number of hydrogen-bond acceptors (Lipinski definition) is 4. The van der Waals surface area contributed by atoms with Crippen LogP contribution in [-0.2, 0) is 27.1 Å². The smallest absolute Gasteiger partial charge is 0.307 e. The van der Waals surface area contributed by atoms with Crippen molar-refractivity contribution in [2.75, 3.05) is 6.54 Å². The van der Waals surface area contributed by atoms with Crippen LogP contribution >= 0.6 is 0 Å². The molecule has 4 atom stereocenters. The van der Waals surface area contributed by atoms with Gasteiger partial charge in [0.2, 0.25) is 0 Å². The van der Waals surface area contributed by atoms with E-state index in [9.17, 15) is 9.00 Å². The number of carbonyl (C=O) groups excluding carboxylic acids is 1. The first kappa shape index (κ1) is 20.4. The van der Waals surface area contributed by atoms with Crippen molar-refractivity contribution in [3.05, 3.63) is 46.3 Å². The van der Waals surface area contributed by atoms with Crippen molar-refractivity contribution in [3.8, 4) is 0 Å². The largest absolute Gasteiger partial charge is 0.461 e. The lowest BCUT2D eigenvalue weighted by atomic mass is 10.1. The van der Waals surface area contributed by atoms with Crippen molar-refractivity contribution < 1.29 is 13.7 Å². The number of esters is 1. The molecule has 7 nitrogen and oxygen atoms in total. The molecule has 8 heteroatoms. The summed E-state index contributed by atoms with van der Waals surface area (Å²) in [6, 6.07) is 9.24. The van der Waals surface area contributed by atoms with Gasteiger partial charge >= 0.3 is 5.97 Å². The molecule has 0 spiro atoms. The first-order chi connectivity index (χ1) is 12.3. The Morgan fingerprint density at radius 2 is 2.12 bits per heavy atom. The van der Waals surface area contributed by atoms with E-state index in [1.807, 2.05) is 51.1 Å². The number of carbonyl (C=O) groups is 1. The Balaban J connectivity index is 1.93. The summed E-state index contributed by atoms with van der Waals surface area (Å²) in [6.07, 6.45) is 0.996. The van der Waals surface area contributed by atoms with E-state index in [0.29, 0.717) is 6.54 Å². The van der Waals surface area contributed by atoms with Gasteiger partial charge in [-0.1, -0.05) is 35.4 Å². The summed E-state index contributed by atoms with van der Waals surface area (Å²) in [7, 11) is -1.29. The Morgan fingerprint density at radius 1 is 1.42 bits per heavy atom. The second-order valence-electron chi connectivity index (χ2n) is 7.53. The third-order valence-electron chi connectivity index (χ3n) is 4.32. The molecule has 2 rings (SSSR count). The Kier molecular flexibility index (Phi) is 7.20. The number of rotatable bonds is 9. The molecule has 1 saturated carbocycles. The Bertz CT molecular complexity index is 683. The molecule has 1 aliphatic carbocycles. The monoisotopic (exact) mass is 378 g/mol. The first-order valence-electron chi connectivity index (χ1n) is 8.69. The van der Waals surface area contributed by atoms with Gasteiger partial charge in [-0.05, 0) is 50.1 Å². The average molecular weight is 378 g/mol. The van der Waals surface area contributed by atoms with Gasteiger partial charge in [-0.3, -0.25) is 4.79 Å². The third-order valence-corrected chi connectivity index (χ3v) is 5.95. The summed E-state index contributed by atoms with van der Waals surface area (Å²) in [4.78, 5) is 15.1. The van der Waals surface area contributed by atoms with Crippen LogP contribution < -0.4 is 4.72 Å². The molecule has 0 aromatic heterocycles. The van der Waals surface area contributed by atoms with Gasteiger partial charge in [0.05, 0.1) is 22.2 Å². The summed E-state index contributed by atoms with van der Waals surface area (Å²) >= 11 is 0. The van der Waals surface area contributed by atoms with Crippen LogP contribution in [0.15, 0.2) is 35.4 Å². The molecule has 26 heavy (non-hydrogen) atoms. The summed E-state index contributed by atoms with van der Waals surface area (Å²) in [5, 5.41) is 3.61. The fourth-order valence-electron chi connectivity index (χ4n) is 2.69. The molecule has 1 N–H and O–H groups in total. The molecule has 0 radical (unpaired) electrons. The summed E-state index contributed by atoms with van der Waals surface area (Å²) < 4.78 is 20.5. The van der Waals surface area contributed by atoms with Gasteiger partial charge in [0.15, 0.2) is 0 Å². The van der Waals surface area contributed by atoms with Crippen LogP contribution in [0.3, 0.4) is 0 Å². The Morgan fingerprint density at radius 3 is 2.73 bits per heavy atom. The molecule has 0 amide bonds. The van der Waals surface area contributed by atoms with Crippen LogP contribution in [0.4, 0.5) is 0 Å². The molecule has 0 bridgehead atoms. The number of azide groups is 1. The molecule has 0 saturated heterocycles. The van der Waals surface area contributed by atoms with E-state index in [0.717, 1.165) is 12.0 Å². The number of benzene rings is 1. The number of ether oxygens (including phenoxy) is 1. The second kappa shape index (κ2) is 9.16. The normalized spacial score (nSPS) is 21.3. The van der Waals surface area contributed by atoms with Crippen molar-refractivity contribution in [2.45, 2.75) is 51.0 Å². The van der Waals surface area contributed by atoms with Gasteiger partial charge in [0.25, 0.3) is 0 Å². The highest BCUT2D eigenvalue weighted by Crippen LogP contribution is 2.43. The quantitative estimate of drug-likeness (QED) is 0.308. The van der Waals surface area contributed by atoms with E-state index >= 15 is 0 Å². The van der Waals surface area contributed by atoms with E-state index in [2.05, 4.69) is 14.7 Å². The minimum atomic E-state index is -1.29. The van der Waals surface area contributed by atoms with Crippen LogP contribution in [0, 0.1) is 11.8 Å². The zero-order valence-electron chi connectivity index (χ0n) is 15.4. The summed E-state index contributed by atoms with van der Waals surface area (Å²) in [6.45, 7) is 6.27. The van der Waals surface area contributed by atoms with Crippen molar-refractivity contribution in [2.24, 2.45) is 17.0 Å². The van der Waals surface area contributed by atoms with Crippen molar-refractivity contribution in [1.29, 1.82) is 0 Å². The zero-order chi connectivity index (χ0) is 19.2. The fraction of sp³-hybridized carbons (Fsp3) is 0.611. The first-order valence-corrected chi connectivity index (χ1v) is 9.84. The molecule has 1 aliphatic rings. The topological polar surface area (TPSA) is 104 Å². The maximum Gasteiger partial charge on any atom is 0.307 e. The molecule has 0 aliphatic heterocycles.